The number of nitrogens with zero attached hydrogens (tertiary/aromatic N) is 1. The summed E-state index contributed by atoms with van der Waals surface area (Å²) in [5, 5.41) is 0. The number of pyridine rings is 1. The summed E-state index contributed by atoms with van der Waals surface area (Å²) in [5.74, 6) is 0. The number of aromatic nitrogens is 1. The summed E-state index contributed by atoms with van der Waals surface area (Å²) < 4.78 is 38.1. The molecule has 0 aliphatic rings. The van der Waals surface area contributed by atoms with Crippen LogP contribution in [0.4, 0.5) is 13.2 Å². The first-order chi connectivity index (χ1) is 5.84. The zero-order valence-electron chi connectivity index (χ0n) is 7.14. The first-order valence-corrected chi connectivity index (χ1v) is 3.98. The molecule has 0 aliphatic heterocycles. The van der Waals surface area contributed by atoms with E-state index < -0.39 is 11.9 Å². The van der Waals surface area contributed by atoms with Gasteiger partial charge in [0.15, 0.2) is 0 Å². The molecule has 0 saturated carbocycles. The van der Waals surface area contributed by atoms with E-state index in [1.807, 2.05) is 0 Å². The molecule has 72 valence electrons. The van der Waals surface area contributed by atoms with E-state index in [1.165, 1.54) is 13.1 Å². The number of halogens is 3. The molecule has 0 spiro atoms. The maximum Gasteiger partial charge on any atom is 0.431 e. The van der Waals surface area contributed by atoms with Crippen LogP contribution >= 0.6 is 12.2 Å². The predicted molar refractivity (Wildman–Crippen MR) is 46.0 cm³/mol. The lowest BCUT2D eigenvalue weighted by Crippen LogP contribution is -2.14. The van der Waals surface area contributed by atoms with Gasteiger partial charge in [-0.3, -0.25) is 0 Å². The van der Waals surface area contributed by atoms with Crippen LogP contribution in [0.1, 0.15) is 11.3 Å². The van der Waals surface area contributed by atoms with Crippen LogP contribution < -0.4 is 0 Å². The zero-order chi connectivity index (χ0) is 10.2. The minimum absolute atomic E-state index is 0.217. The van der Waals surface area contributed by atoms with Gasteiger partial charge < -0.3 is 4.57 Å². The highest BCUT2D eigenvalue weighted by atomic mass is 32.1. The highest BCUT2D eigenvalue weighted by molar-refractivity contribution is 7.71. The molecule has 0 unspecified atom stereocenters. The molecule has 1 aromatic heterocycles. The van der Waals surface area contributed by atoms with E-state index in [2.05, 4.69) is 0 Å². The van der Waals surface area contributed by atoms with Crippen LogP contribution in [0.15, 0.2) is 12.1 Å². The van der Waals surface area contributed by atoms with Gasteiger partial charge in [-0.2, -0.15) is 13.2 Å². The van der Waals surface area contributed by atoms with E-state index in [9.17, 15) is 13.2 Å². The van der Waals surface area contributed by atoms with Gasteiger partial charge in [0.25, 0.3) is 0 Å². The first-order valence-electron chi connectivity index (χ1n) is 3.58. The Morgan fingerprint density at radius 2 is 1.85 bits per heavy atom. The summed E-state index contributed by atoms with van der Waals surface area (Å²) in [6.45, 7) is 1.68. The number of hydrogen-bond acceptors (Lipinski definition) is 1. The third kappa shape index (κ3) is 1.91. The molecule has 0 fully saturated rings. The minimum atomic E-state index is -4.34. The van der Waals surface area contributed by atoms with Gasteiger partial charge in [0, 0.05) is 7.05 Å². The zero-order valence-corrected chi connectivity index (χ0v) is 7.96. The average molecular weight is 207 g/mol. The van der Waals surface area contributed by atoms with E-state index in [-0.39, 0.29) is 4.64 Å². The summed E-state index contributed by atoms with van der Waals surface area (Å²) in [6.07, 6.45) is -4.34. The fourth-order valence-electron chi connectivity index (χ4n) is 1.05. The Balaban J connectivity index is 3.44. The van der Waals surface area contributed by atoms with Gasteiger partial charge in [0.1, 0.15) is 10.3 Å². The van der Waals surface area contributed by atoms with Gasteiger partial charge in [0.2, 0.25) is 0 Å². The molecular weight excluding hydrogens is 199 g/mol. The number of aryl methyl sites for hydroxylation is 1. The number of rotatable bonds is 0. The second-order valence-corrected chi connectivity index (χ2v) is 3.15. The fourth-order valence-corrected chi connectivity index (χ4v) is 1.21. The lowest BCUT2D eigenvalue weighted by Gasteiger charge is -2.12. The summed E-state index contributed by atoms with van der Waals surface area (Å²) in [4.78, 5) is 0. The van der Waals surface area contributed by atoms with Crippen molar-refractivity contribution in [2.45, 2.75) is 13.1 Å². The molecule has 0 radical (unpaired) electrons. The summed E-state index contributed by atoms with van der Waals surface area (Å²) in [5.41, 5.74) is -0.0476. The Morgan fingerprint density at radius 3 is 2.31 bits per heavy atom. The Labute approximate surface area is 78.8 Å². The second-order valence-electron chi connectivity index (χ2n) is 2.76. The van der Waals surface area contributed by atoms with E-state index in [1.54, 1.807) is 6.92 Å². The summed E-state index contributed by atoms with van der Waals surface area (Å²) in [6, 6.07) is 2.41. The van der Waals surface area contributed by atoms with Crippen molar-refractivity contribution in [3.8, 4) is 0 Å². The maximum absolute atomic E-state index is 12.3. The van der Waals surface area contributed by atoms with Crippen molar-refractivity contribution in [3.05, 3.63) is 28.0 Å². The first kappa shape index (κ1) is 10.2. The summed E-state index contributed by atoms with van der Waals surface area (Å²) >= 11 is 4.81. The smallest absolute Gasteiger partial charge is 0.331 e. The normalized spacial score (nSPS) is 11.8. The molecule has 0 bridgehead atoms. The molecule has 1 heterocycles. The van der Waals surface area contributed by atoms with E-state index in [0.29, 0.717) is 5.56 Å². The Hall–Kier alpha value is -0.840. The largest absolute Gasteiger partial charge is 0.431 e. The Morgan fingerprint density at radius 1 is 1.31 bits per heavy atom. The summed E-state index contributed by atoms with van der Waals surface area (Å²) in [7, 11) is 1.32. The molecule has 0 atom stereocenters. The van der Waals surface area contributed by atoms with Crippen LogP contribution in [-0.4, -0.2) is 4.57 Å². The van der Waals surface area contributed by atoms with Crippen molar-refractivity contribution in [1.29, 1.82) is 0 Å². The molecule has 1 rings (SSSR count). The van der Waals surface area contributed by atoms with Crippen molar-refractivity contribution < 1.29 is 13.2 Å². The third-order valence-corrected chi connectivity index (χ3v) is 2.38. The van der Waals surface area contributed by atoms with Crippen molar-refractivity contribution in [2.75, 3.05) is 0 Å². The third-order valence-electron chi connectivity index (χ3n) is 1.78. The van der Waals surface area contributed by atoms with Crippen LogP contribution in [0, 0.1) is 11.6 Å². The Kier molecular flexibility index (Phi) is 2.47. The molecule has 0 aromatic carbocycles. The van der Waals surface area contributed by atoms with Gasteiger partial charge in [-0.15, -0.1) is 0 Å². The van der Waals surface area contributed by atoms with Crippen molar-refractivity contribution in [3.63, 3.8) is 0 Å². The molecule has 0 saturated heterocycles. The molecule has 1 nitrogen and oxygen atoms in total. The standard InChI is InChI=1S/C8H8F3NS/c1-5-3-4-6(8(9,10)11)12(2)7(5)13/h3-4H,1-2H3. The predicted octanol–water partition coefficient (Wildman–Crippen LogP) is 3.08. The minimum Gasteiger partial charge on any atom is -0.331 e. The molecule has 0 N–H and O–H groups in total. The second kappa shape index (κ2) is 3.14. The molecule has 0 amide bonds. The maximum atomic E-state index is 12.3. The van der Waals surface area contributed by atoms with Crippen molar-refractivity contribution in [1.82, 2.24) is 4.57 Å². The van der Waals surface area contributed by atoms with E-state index >= 15 is 0 Å². The van der Waals surface area contributed by atoms with Crippen molar-refractivity contribution >= 4 is 12.2 Å². The van der Waals surface area contributed by atoms with Gasteiger partial charge in [0.05, 0.1) is 0 Å². The van der Waals surface area contributed by atoms with Gasteiger partial charge in [-0.1, -0.05) is 18.3 Å². The quantitative estimate of drug-likeness (QED) is 0.592. The molecule has 1 aromatic rings. The molecule has 5 heteroatoms. The van der Waals surface area contributed by atoms with E-state index in [0.717, 1.165) is 10.6 Å². The fraction of sp³-hybridized carbons (Fsp3) is 0.375. The molecule has 0 aliphatic carbocycles. The molecular formula is C8H8F3NS. The lowest BCUT2D eigenvalue weighted by atomic mass is 10.2. The average Bonchev–Trinajstić information content (AvgIpc) is 1.98. The van der Waals surface area contributed by atoms with Gasteiger partial charge >= 0.3 is 6.18 Å². The Bertz CT molecular complexity index is 378. The van der Waals surface area contributed by atoms with Crippen LogP contribution in [0.5, 0.6) is 0 Å². The highest BCUT2D eigenvalue weighted by Gasteiger charge is 2.32. The van der Waals surface area contributed by atoms with Gasteiger partial charge in [-0.05, 0) is 18.6 Å². The topological polar surface area (TPSA) is 4.93 Å². The monoisotopic (exact) mass is 207 g/mol. The van der Waals surface area contributed by atoms with Crippen LogP contribution in [0.2, 0.25) is 0 Å². The van der Waals surface area contributed by atoms with E-state index in [4.69, 9.17) is 12.2 Å². The SMILES string of the molecule is Cc1ccc(C(F)(F)F)n(C)c1=S. The lowest BCUT2D eigenvalue weighted by molar-refractivity contribution is -0.143. The van der Waals surface area contributed by atoms with Crippen LogP contribution in [0.25, 0.3) is 0 Å². The van der Waals surface area contributed by atoms with Crippen molar-refractivity contribution in [2.24, 2.45) is 7.05 Å². The van der Waals surface area contributed by atoms with Gasteiger partial charge in [-0.25, -0.2) is 0 Å². The highest BCUT2D eigenvalue weighted by Crippen LogP contribution is 2.29. The van der Waals surface area contributed by atoms with Crippen LogP contribution in [-0.2, 0) is 13.2 Å². The molecule has 13 heavy (non-hydrogen) atoms. The van der Waals surface area contributed by atoms with Crippen LogP contribution in [0.3, 0.4) is 0 Å². The number of hydrogen-bond donors (Lipinski definition) is 0. The number of alkyl halides is 3.